The number of carbonyl (C=O) groups is 3. The van der Waals surface area contributed by atoms with E-state index in [2.05, 4.69) is 16.1 Å². The van der Waals surface area contributed by atoms with Crippen LogP contribution in [0.15, 0.2) is 72.8 Å². The molecule has 0 saturated heterocycles. The lowest BCUT2D eigenvalue weighted by Crippen LogP contribution is -2.56. The molecular formula is C34H45ClN6O4. The second kappa shape index (κ2) is 18.0. The number of aromatic hydroxyl groups is 1. The lowest BCUT2D eigenvalue weighted by molar-refractivity contribution is -0.138. The van der Waals surface area contributed by atoms with Crippen LogP contribution in [0.5, 0.6) is 5.75 Å². The molecule has 0 aromatic heterocycles. The molecule has 0 aliphatic heterocycles. The van der Waals surface area contributed by atoms with Crippen LogP contribution in [0.25, 0.3) is 0 Å². The molecular weight excluding hydrogens is 592 g/mol. The third-order valence-electron chi connectivity index (χ3n) is 7.32. The lowest BCUT2D eigenvalue weighted by Gasteiger charge is -2.35. The monoisotopic (exact) mass is 636 g/mol. The van der Waals surface area contributed by atoms with Gasteiger partial charge in [-0.25, -0.2) is 10.2 Å². The van der Waals surface area contributed by atoms with Crippen LogP contribution in [0, 0.1) is 0 Å². The van der Waals surface area contributed by atoms with Gasteiger partial charge in [-0.15, -0.1) is 0 Å². The molecule has 45 heavy (non-hydrogen) atoms. The smallest absolute Gasteiger partial charge is 0.332 e. The van der Waals surface area contributed by atoms with Crippen LogP contribution >= 0.6 is 11.6 Å². The van der Waals surface area contributed by atoms with Gasteiger partial charge >= 0.3 is 6.03 Å². The number of urea groups is 1. The summed E-state index contributed by atoms with van der Waals surface area (Å²) in [7, 11) is 3.86. The molecule has 242 valence electrons. The van der Waals surface area contributed by atoms with E-state index in [0.29, 0.717) is 37.6 Å². The Kier molecular flexibility index (Phi) is 14.1. The molecule has 0 spiro atoms. The molecule has 2 atom stereocenters. The van der Waals surface area contributed by atoms with Crippen molar-refractivity contribution in [3.8, 4) is 5.75 Å². The fourth-order valence-corrected chi connectivity index (χ4v) is 5.26. The van der Waals surface area contributed by atoms with Crippen molar-refractivity contribution in [2.75, 3.05) is 38.6 Å². The number of rotatable bonds is 17. The van der Waals surface area contributed by atoms with E-state index in [1.165, 1.54) is 5.01 Å². The number of aldehydes is 1. The normalized spacial score (nSPS) is 12.2. The molecule has 0 bridgehead atoms. The molecule has 3 amide bonds. The summed E-state index contributed by atoms with van der Waals surface area (Å²) in [5, 5.41) is 18.1. The van der Waals surface area contributed by atoms with Crippen molar-refractivity contribution in [1.82, 2.24) is 26.0 Å². The maximum atomic E-state index is 13.8. The van der Waals surface area contributed by atoms with Crippen LogP contribution < -0.4 is 21.0 Å². The zero-order chi connectivity index (χ0) is 32.8. The Hall–Kier alpha value is -4.12. The Bertz CT molecular complexity index is 1370. The van der Waals surface area contributed by atoms with Gasteiger partial charge in [0.1, 0.15) is 12.0 Å². The summed E-state index contributed by atoms with van der Waals surface area (Å²) >= 11 is 6.33. The number of hydrogen-bond acceptors (Lipinski definition) is 7. The minimum Gasteiger partial charge on any atom is -0.508 e. The standard InChI is InChI=1S/C34H45ClN6O4/c1-5-17-40(34(45)37-22-27-9-7-6-8-10-27)38-23-33(44)41(29(24-42)18-26-11-14-30(43)15-12-26)25(2)20-36-21-28-13-16-31(35)32(19-28)39(3)4/h6-16,19,24-25,29,36,38,43H,5,17-18,20-23H2,1-4H3,(H,37,45)/t25-,29-/m0/s1. The van der Waals surface area contributed by atoms with Crippen molar-refractivity contribution in [2.24, 2.45) is 0 Å². The molecule has 4 N–H and O–H groups in total. The van der Waals surface area contributed by atoms with Crippen molar-refractivity contribution in [2.45, 2.75) is 51.9 Å². The van der Waals surface area contributed by atoms with Gasteiger partial charge in [-0.3, -0.25) is 9.80 Å². The summed E-state index contributed by atoms with van der Waals surface area (Å²) in [5.74, 6) is -0.198. The second-order valence-electron chi connectivity index (χ2n) is 11.2. The SMILES string of the molecule is CCCN(NCC(=O)N([C@H](C=O)Cc1ccc(O)cc1)[C@@H](C)CNCc1ccc(Cl)c(N(C)C)c1)C(=O)NCc1ccccc1. The van der Waals surface area contributed by atoms with Gasteiger partial charge in [0.15, 0.2) is 0 Å². The zero-order valence-corrected chi connectivity index (χ0v) is 27.3. The first-order valence-electron chi connectivity index (χ1n) is 15.2. The molecule has 0 unspecified atom stereocenters. The van der Waals surface area contributed by atoms with Crippen LogP contribution in [-0.4, -0.2) is 79.1 Å². The lowest BCUT2D eigenvalue weighted by atomic mass is 10.0. The van der Waals surface area contributed by atoms with Gasteiger partial charge in [-0.05, 0) is 60.7 Å². The maximum absolute atomic E-state index is 13.8. The predicted molar refractivity (Wildman–Crippen MR) is 179 cm³/mol. The van der Waals surface area contributed by atoms with E-state index in [-0.39, 0.29) is 36.7 Å². The third-order valence-corrected chi connectivity index (χ3v) is 7.64. The minimum absolute atomic E-state index is 0.122. The van der Waals surface area contributed by atoms with Gasteiger partial charge in [0.2, 0.25) is 5.91 Å². The van der Waals surface area contributed by atoms with Crippen molar-refractivity contribution >= 4 is 35.5 Å². The first kappa shape index (κ1) is 35.4. The Labute approximate surface area is 271 Å². The molecule has 3 aromatic carbocycles. The minimum atomic E-state index is -0.761. The molecule has 0 saturated carbocycles. The topological polar surface area (TPSA) is 117 Å². The fourth-order valence-electron chi connectivity index (χ4n) is 4.98. The fraction of sp³-hybridized carbons (Fsp3) is 0.382. The number of phenolic OH excluding ortho intramolecular Hbond substituents is 1. The van der Waals surface area contributed by atoms with Crippen LogP contribution in [0.3, 0.4) is 0 Å². The molecule has 3 rings (SSSR count). The molecule has 0 heterocycles. The molecule has 10 nitrogen and oxygen atoms in total. The summed E-state index contributed by atoms with van der Waals surface area (Å²) in [6.07, 6.45) is 1.74. The van der Waals surface area contributed by atoms with Gasteiger partial charge in [0, 0.05) is 46.3 Å². The Morgan fingerprint density at radius 3 is 2.29 bits per heavy atom. The van der Waals surface area contributed by atoms with E-state index in [0.717, 1.165) is 28.7 Å². The summed E-state index contributed by atoms with van der Waals surface area (Å²) in [6, 6.07) is 20.5. The first-order valence-corrected chi connectivity index (χ1v) is 15.5. The predicted octanol–water partition coefficient (Wildman–Crippen LogP) is 4.35. The maximum Gasteiger partial charge on any atom is 0.332 e. The highest BCUT2D eigenvalue weighted by Crippen LogP contribution is 2.25. The summed E-state index contributed by atoms with van der Waals surface area (Å²) in [5.41, 5.74) is 6.70. The highest BCUT2D eigenvalue weighted by atomic mass is 35.5. The molecule has 11 heteroatoms. The summed E-state index contributed by atoms with van der Waals surface area (Å²) in [6.45, 7) is 5.37. The van der Waals surface area contributed by atoms with Crippen molar-refractivity contribution < 1.29 is 19.5 Å². The third kappa shape index (κ3) is 11.1. The molecule has 0 aliphatic carbocycles. The highest BCUT2D eigenvalue weighted by molar-refractivity contribution is 6.33. The Balaban J connectivity index is 1.71. The van der Waals surface area contributed by atoms with Crippen LogP contribution in [-0.2, 0) is 29.1 Å². The quantitative estimate of drug-likeness (QED) is 0.129. The first-order chi connectivity index (χ1) is 21.6. The summed E-state index contributed by atoms with van der Waals surface area (Å²) in [4.78, 5) is 42.7. The number of hydrogen-bond donors (Lipinski definition) is 4. The number of hydrazine groups is 1. The van der Waals surface area contributed by atoms with Crippen LogP contribution in [0.4, 0.5) is 10.5 Å². The molecule has 0 fully saturated rings. The van der Waals surface area contributed by atoms with E-state index in [1.54, 1.807) is 29.2 Å². The number of benzene rings is 3. The largest absolute Gasteiger partial charge is 0.508 e. The number of carbonyl (C=O) groups excluding carboxylic acids is 3. The van der Waals surface area contributed by atoms with Gasteiger partial charge in [-0.2, -0.15) is 0 Å². The van der Waals surface area contributed by atoms with Crippen LogP contribution in [0.1, 0.15) is 37.0 Å². The van der Waals surface area contributed by atoms with Crippen molar-refractivity contribution in [3.63, 3.8) is 0 Å². The Morgan fingerprint density at radius 1 is 0.956 bits per heavy atom. The van der Waals surface area contributed by atoms with E-state index < -0.39 is 6.04 Å². The number of amides is 3. The van der Waals surface area contributed by atoms with Crippen LogP contribution in [0.2, 0.25) is 5.02 Å². The van der Waals surface area contributed by atoms with E-state index in [1.807, 2.05) is 81.4 Å². The highest BCUT2D eigenvalue weighted by Gasteiger charge is 2.29. The van der Waals surface area contributed by atoms with Crippen molar-refractivity contribution in [1.29, 1.82) is 0 Å². The average molecular weight is 637 g/mol. The van der Waals surface area contributed by atoms with E-state index in [4.69, 9.17) is 11.6 Å². The number of halogens is 1. The Morgan fingerprint density at radius 2 is 1.64 bits per heavy atom. The summed E-state index contributed by atoms with van der Waals surface area (Å²) < 4.78 is 0. The average Bonchev–Trinajstić information content (AvgIpc) is 3.03. The second-order valence-corrected chi connectivity index (χ2v) is 11.6. The molecule has 3 aromatic rings. The molecule has 0 radical (unpaired) electrons. The van der Waals surface area contributed by atoms with Gasteiger partial charge in [0.25, 0.3) is 0 Å². The zero-order valence-electron chi connectivity index (χ0n) is 26.5. The van der Waals surface area contributed by atoms with E-state index in [9.17, 15) is 19.5 Å². The number of nitrogens with zero attached hydrogens (tertiary/aromatic N) is 3. The van der Waals surface area contributed by atoms with Gasteiger partial charge < -0.3 is 30.3 Å². The van der Waals surface area contributed by atoms with Gasteiger partial charge in [0.05, 0.1) is 23.3 Å². The van der Waals surface area contributed by atoms with Gasteiger partial charge in [-0.1, -0.05) is 67.1 Å². The number of anilines is 1. The number of phenols is 1. The number of nitrogens with one attached hydrogen (secondary N) is 3. The van der Waals surface area contributed by atoms with Crippen molar-refractivity contribution in [3.05, 3.63) is 94.5 Å². The molecule has 0 aliphatic rings. The van der Waals surface area contributed by atoms with E-state index >= 15 is 0 Å².